The quantitative estimate of drug-likeness (QED) is 0.0904. The molecule has 0 fully saturated rings. The molecule has 0 aliphatic heterocycles. The van der Waals surface area contributed by atoms with Crippen LogP contribution in [-0.4, -0.2) is 29.9 Å². The number of benzene rings is 3. The van der Waals surface area contributed by atoms with E-state index in [1.807, 2.05) is 0 Å². The smallest absolute Gasteiger partial charge is 0.744 e. The largest absolute Gasteiger partial charge is 1.00 e. The molecule has 0 amide bonds. The number of aromatic hydroxyl groups is 1. The fourth-order valence-corrected chi connectivity index (χ4v) is 2.93. The molecular weight excluding hydrogens is 470 g/mol. The van der Waals surface area contributed by atoms with Gasteiger partial charge in [-0.05, 0) is 24.3 Å². The first kappa shape index (κ1) is 28.9. The summed E-state index contributed by atoms with van der Waals surface area (Å²) in [6.07, 6.45) is 0. The molecule has 0 heterocycles. The zero-order valence-electron chi connectivity index (χ0n) is 17.7. The van der Waals surface area contributed by atoms with Crippen LogP contribution in [0.25, 0.3) is 0 Å². The van der Waals surface area contributed by atoms with Gasteiger partial charge in [0.25, 0.3) is 0 Å². The van der Waals surface area contributed by atoms with Gasteiger partial charge in [-0.25, -0.2) is 8.42 Å². The van der Waals surface area contributed by atoms with Gasteiger partial charge in [0, 0.05) is 11.1 Å². The minimum absolute atomic E-state index is 0. The van der Waals surface area contributed by atoms with Crippen LogP contribution in [0.4, 0.5) is 11.4 Å². The SMILES string of the molecule is O=C([O-])c1ccccc1NN=C(N=Nc1cc(S(=O)(=O)[O-])ccc1O)c1ccccc1.[Na+].[Na+]. The Kier molecular flexibility index (Phi) is 11.4. The van der Waals surface area contributed by atoms with Gasteiger partial charge < -0.3 is 19.6 Å². The van der Waals surface area contributed by atoms with Gasteiger partial charge in [0.05, 0.1) is 16.6 Å². The van der Waals surface area contributed by atoms with Crippen molar-refractivity contribution < 1.29 is 87.1 Å². The predicted molar refractivity (Wildman–Crippen MR) is 108 cm³/mol. The molecule has 0 saturated carbocycles. The average molecular weight is 484 g/mol. The maximum absolute atomic E-state index is 11.3. The molecule has 33 heavy (non-hydrogen) atoms. The Bertz CT molecular complexity index is 1280. The van der Waals surface area contributed by atoms with Crippen LogP contribution in [0.15, 0.2) is 93.0 Å². The van der Waals surface area contributed by atoms with Crippen molar-refractivity contribution in [2.24, 2.45) is 15.3 Å². The van der Waals surface area contributed by atoms with E-state index >= 15 is 0 Å². The van der Waals surface area contributed by atoms with Gasteiger partial charge in [0.1, 0.15) is 21.6 Å². The minimum Gasteiger partial charge on any atom is -0.744 e. The number of carboxylic acids is 1. The summed E-state index contributed by atoms with van der Waals surface area (Å²) in [5, 5.41) is 33.0. The molecule has 0 aromatic heterocycles. The number of nitrogens with zero attached hydrogens (tertiary/aromatic N) is 3. The zero-order chi connectivity index (χ0) is 22.4. The molecule has 0 aliphatic carbocycles. The first-order chi connectivity index (χ1) is 14.8. The Labute approximate surface area is 233 Å². The minimum atomic E-state index is -4.76. The number of hydrogen-bond donors (Lipinski definition) is 2. The number of hydrazone groups is 1. The molecule has 3 rings (SSSR count). The number of anilines is 1. The van der Waals surface area contributed by atoms with E-state index in [-0.39, 0.29) is 81.9 Å². The Morgan fingerprint density at radius 2 is 1.58 bits per heavy atom. The van der Waals surface area contributed by atoms with Crippen molar-refractivity contribution in [3.8, 4) is 5.75 Å². The van der Waals surface area contributed by atoms with Crippen molar-refractivity contribution in [2.45, 2.75) is 4.90 Å². The van der Waals surface area contributed by atoms with Crippen LogP contribution in [0.3, 0.4) is 0 Å². The molecule has 13 heteroatoms. The van der Waals surface area contributed by atoms with E-state index in [4.69, 9.17) is 0 Å². The van der Waals surface area contributed by atoms with Gasteiger partial charge in [-0.3, -0.25) is 5.43 Å². The molecule has 3 aromatic carbocycles. The number of carbonyl (C=O) groups excluding carboxylic acids is 1. The fraction of sp³-hybridized carbons (Fsp3) is 0. The average Bonchev–Trinajstić information content (AvgIpc) is 2.75. The van der Waals surface area contributed by atoms with Gasteiger partial charge in [-0.2, -0.15) is 5.10 Å². The summed E-state index contributed by atoms with van der Waals surface area (Å²) in [4.78, 5) is 10.7. The summed E-state index contributed by atoms with van der Waals surface area (Å²) < 4.78 is 33.6. The summed E-state index contributed by atoms with van der Waals surface area (Å²) >= 11 is 0. The van der Waals surface area contributed by atoms with Gasteiger partial charge in [0.2, 0.25) is 5.84 Å². The molecule has 158 valence electrons. The Balaban J connectivity index is 0.00000272. The van der Waals surface area contributed by atoms with Gasteiger partial charge in [-0.1, -0.05) is 48.5 Å². The number of phenolic OH excluding ortho intramolecular Hbond substituents is 1. The third kappa shape index (κ3) is 8.02. The first-order valence-corrected chi connectivity index (χ1v) is 10.1. The number of azo groups is 1. The van der Waals surface area contributed by atoms with Crippen molar-refractivity contribution >= 4 is 33.3 Å². The second kappa shape index (κ2) is 13.0. The Hall–Kier alpha value is -2.09. The maximum Gasteiger partial charge on any atom is 1.00 e. The predicted octanol–water partition coefficient (Wildman–Crippen LogP) is -3.77. The van der Waals surface area contributed by atoms with Crippen LogP contribution in [0.2, 0.25) is 0 Å². The molecule has 0 atom stereocenters. The van der Waals surface area contributed by atoms with E-state index < -0.39 is 26.7 Å². The van der Waals surface area contributed by atoms with Crippen LogP contribution >= 0.6 is 0 Å². The number of hydrogen-bond acceptors (Lipinski definition) is 9. The van der Waals surface area contributed by atoms with Crippen LogP contribution < -0.4 is 69.6 Å². The van der Waals surface area contributed by atoms with Gasteiger partial charge >= 0.3 is 59.1 Å². The van der Waals surface area contributed by atoms with Crippen LogP contribution in [0.5, 0.6) is 5.75 Å². The Morgan fingerprint density at radius 3 is 2.21 bits per heavy atom. The topological polar surface area (TPSA) is 167 Å². The standard InChI is InChI=1S/C20H16N4O6S.2Na/c25-18-11-10-14(31(28,29)30)12-17(18)22-24-19(13-6-2-1-3-7-13)23-21-16-9-5-4-8-15(16)20(26)27;;/h1-12,21,25H,(H,26,27)(H,28,29,30);;/q;2*+1/p-2. The molecule has 0 radical (unpaired) electrons. The number of phenols is 1. The van der Waals surface area contributed by atoms with Crippen molar-refractivity contribution in [3.05, 3.63) is 83.9 Å². The van der Waals surface area contributed by atoms with Gasteiger partial charge in [0.15, 0.2) is 0 Å². The number of amidine groups is 1. The molecule has 10 nitrogen and oxygen atoms in total. The number of rotatable bonds is 6. The Morgan fingerprint density at radius 1 is 0.939 bits per heavy atom. The molecule has 0 bridgehead atoms. The number of para-hydroxylation sites is 1. The number of nitrogens with one attached hydrogen (secondary N) is 1. The van der Waals surface area contributed by atoms with E-state index in [2.05, 4.69) is 20.8 Å². The second-order valence-corrected chi connectivity index (χ2v) is 7.43. The van der Waals surface area contributed by atoms with Gasteiger partial charge in [-0.15, -0.1) is 10.2 Å². The van der Waals surface area contributed by atoms with E-state index in [1.165, 1.54) is 18.2 Å². The number of carbonyl (C=O) groups is 1. The molecule has 2 N–H and O–H groups in total. The molecule has 0 aliphatic rings. The number of aromatic carboxylic acids is 1. The molecule has 0 saturated heterocycles. The van der Waals surface area contributed by atoms with Crippen molar-refractivity contribution in [1.82, 2.24) is 0 Å². The third-order valence-corrected chi connectivity index (χ3v) is 4.78. The maximum atomic E-state index is 11.3. The molecule has 0 spiro atoms. The molecular formula is C20H14N4Na2O6S. The van der Waals surface area contributed by atoms with Crippen molar-refractivity contribution in [1.29, 1.82) is 0 Å². The normalized spacial score (nSPS) is 11.4. The zero-order valence-corrected chi connectivity index (χ0v) is 22.5. The van der Waals surface area contributed by atoms with Crippen molar-refractivity contribution in [2.75, 3.05) is 5.43 Å². The van der Waals surface area contributed by atoms with Crippen LogP contribution in [0.1, 0.15) is 15.9 Å². The first-order valence-electron chi connectivity index (χ1n) is 8.66. The van der Waals surface area contributed by atoms with Crippen LogP contribution in [-0.2, 0) is 10.1 Å². The van der Waals surface area contributed by atoms with E-state index in [0.717, 1.165) is 18.2 Å². The summed E-state index contributed by atoms with van der Waals surface area (Å²) in [6.45, 7) is 0. The summed E-state index contributed by atoms with van der Waals surface area (Å²) in [6, 6.07) is 17.2. The molecule has 0 unspecified atom stereocenters. The fourth-order valence-electron chi connectivity index (χ4n) is 2.44. The van der Waals surface area contributed by atoms with E-state index in [1.54, 1.807) is 36.4 Å². The number of carboxylic acid groups (broad SMARTS) is 1. The summed E-state index contributed by atoms with van der Waals surface area (Å²) in [5.41, 5.74) is 2.82. The van der Waals surface area contributed by atoms with Crippen molar-refractivity contribution in [3.63, 3.8) is 0 Å². The van der Waals surface area contributed by atoms with E-state index in [0.29, 0.717) is 5.56 Å². The monoisotopic (exact) mass is 484 g/mol. The summed E-state index contributed by atoms with van der Waals surface area (Å²) in [7, 11) is -4.76. The summed E-state index contributed by atoms with van der Waals surface area (Å²) in [5.74, 6) is -1.82. The van der Waals surface area contributed by atoms with E-state index in [9.17, 15) is 28.0 Å². The second-order valence-electron chi connectivity index (χ2n) is 6.05. The molecule has 3 aromatic rings. The third-order valence-electron chi connectivity index (χ3n) is 3.95. The van der Waals surface area contributed by atoms with Crippen LogP contribution in [0, 0.1) is 0 Å².